The van der Waals surface area contributed by atoms with Crippen molar-refractivity contribution in [2.45, 2.75) is 5.50 Å². The molecule has 3 N–H and O–H groups in total. The summed E-state index contributed by atoms with van der Waals surface area (Å²) < 4.78 is 0. The molecule has 80 valence electrons. The molecule has 0 fully saturated rings. The molecule has 1 unspecified atom stereocenters. The molecule has 0 spiro atoms. The van der Waals surface area contributed by atoms with Crippen LogP contribution in [0.4, 0.5) is 0 Å². The Bertz CT molecular complexity index is 357. The van der Waals surface area contributed by atoms with Crippen LogP contribution in [0, 0.1) is 15.5 Å². The molecule has 1 atom stereocenters. The van der Waals surface area contributed by atoms with Gasteiger partial charge in [-0.25, -0.2) is 10.1 Å². The lowest BCUT2D eigenvalue weighted by atomic mass is 10.3. The van der Waals surface area contributed by atoms with Gasteiger partial charge in [-0.05, 0) is 11.1 Å². The Morgan fingerprint density at radius 2 is 2.47 bits per heavy atom. The van der Waals surface area contributed by atoms with Crippen LogP contribution in [0.3, 0.4) is 0 Å². The second-order valence-corrected chi connectivity index (χ2v) is 3.00. The van der Waals surface area contributed by atoms with E-state index in [9.17, 15) is 10.1 Å². The molecule has 1 aromatic rings. The lowest BCUT2D eigenvalue weighted by molar-refractivity contribution is -0.635. The van der Waals surface area contributed by atoms with Gasteiger partial charge in [0.2, 0.25) is 0 Å². The lowest BCUT2D eigenvalue weighted by Crippen LogP contribution is -2.41. The molecule has 0 saturated heterocycles. The molecule has 0 aliphatic heterocycles. The highest BCUT2D eigenvalue weighted by atomic mass is 35.5. The van der Waals surface area contributed by atoms with Gasteiger partial charge in [-0.15, -0.1) is 0 Å². The predicted octanol–water partition coefficient (Wildman–Crippen LogP) is 0.706. The zero-order valence-electron chi connectivity index (χ0n) is 7.50. The maximum Gasteiger partial charge on any atom is 0.254 e. The number of pyridine rings is 1. The Balaban J connectivity index is 2.96. The maximum atomic E-state index is 10.6. The molecule has 15 heavy (non-hydrogen) atoms. The fraction of sp³-hybridized carbons (Fsp3) is 0.143. The summed E-state index contributed by atoms with van der Waals surface area (Å²) in [7, 11) is 0. The van der Waals surface area contributed by atoms with Crippen LogP contribution in [0.25, 0.3) is 0 Å². The number of nitrogens with two attached hydrogens (primary N) is 1. The number of alkyl halides is 1. The van der Waals surface area contributed by atoms with Crippen molar-refractivity contribution in [2.24, 2.45) is 5.73 Å². The standard InChI is InChI=1S/C7H8ClN5O2/c8-6(5-2-1-3-11-4-5)12(7(9)10)13(14)15/h1-4,6H,(H3,9,10). The van der Waals surface area contributed by atoms with Crippen LogP contribution in [0.15, 0.2) is 24.5 Å². The zero-order chi connectivity index (χ0) is 11.4. The minimum absolute atomic E-state index is 0.346. The number of hydrogen-bond acceptors (Lipinski definition) is 4. The molecule has 1 heterocycles. The van der Waals surface area contributed by atoms with Gasteiger partial charge in [-0.3, -0.25) is 10.4 Å². The molecule has 1 aromatic heterocycles. The number of guanidine groups is 1. The average molecular weight is 230 g/mol. The molecule has 0 bridgehead atoms. The van der Waals surface area contributed by atoms with E-state index in [1.54, 1.807) is 12.1 Å². The molecular formula is C7H8ClN5O2. The average Bonchev–Trinajstić information content (AvgIpc) is 2.18. The van der Waals surface area contributed by atoms with Gasteiger partial charge in [0.25, 0.3) is 5.96 Å². The highest BCUT2D eigenvalue weighted by Crippen LogP contribution is 2.23. The number of rotatable bonds is 3. The molecule has 8 heteroatoms. The van der Waals surface area contributed by atoms with E-state index in [1.807, 2.05) is 0 Å². The summed E-state index contributed by atoms with van der Waals surface area (Å²) in [5.41, 5.74) is 4.29. The van der Waals surface area contributed by atoms with E-state index in [1.165, 1.54) is 12.4 Å². The van der Waals surface area contributed by atoms with E-state index in [-0.39, 0.29) is 0 Å². The van der Waals surface area contributed by atoms with E-state index in [4.69, 9.17) is 22.7 Å². The molecule has 0 aliphatic carbocycles. The van der Waals surface area contributed by atoms with E-state index in [0.717, 1.165) is 0 Å². The van der Waals surface area contributed by atoms with Crippen LogP contribution in [0.2, 0.25) is 0 Å². The van der Waals surface area contributed by atoms with Gasteiger partial charge in [0.05, 0.1) is 0 Å². The minimum Gasteiger partial charge on any atom is -0.365 e. The number of nitro groups is 1. The van der Waals surface area contributed by atoms with Crippen LogP contribution in [0.5, 0.6) is 0 Å². The van der Waals surface area contributed by atoms with Crippen LogP contribution in [0.1, 0.15) is 11.1 Å². The quantitative estimate of drug-likeness (QED) is 0.198. The first-order valence-electron chi connectivity index (χ1n) is 3.85. The van der Waals surface area contributed by atoms with Crippen LogP contribution in [-0.2, 0) is 0 Å². The Kier molecular flexibility index (Phi) is 3.40. The normalized spacial score (nSPS) is 11.8. The summed E-state index contributed by atoms with van der Waals surface area (Å²) in [6.07, 6.45) is 2.88. The van der Waals surface area contributed by atoms with E-state index in [0.29, 0.717) is 10.6 Å². The number of halogens is 1. The molecular weight excluding hydrogens is 222 g/mol. The number of aromatic nitrogens is 1. The van der Waals surface area contributed by atoms with E-state index in [2.05, 4.69) is 4.98 Å². The predicted molar refractivity (Wildman–Crippen MR) is 53.6 cm³/mol. The van der Waals surface area contributed by atoms with Crippen molar-refractivity contribution >= 4 is 17.6 Å². The molecule has 0 aromatic carbocycles. The lowest BCUT2D eigenvalue weighted by Gasteiger charge is -2.16. The maximum absolute atomic E-state index is 10.6. The Morgan fingerprint density at radius 1 is 1.80 bits per heavy atom. The molecule has 1 rings (SSSR count). The largest absolute Gasteiger partial charge is 0.365 e. The fourth-order valence-electron chi connectivity index (χ4n) is 0.951. The van der Waals surface area contributed by atoms with Crippen LogP contribution >= 0.6 is 11.6 Å². The third-order valence-electron chi connectivity index (χ3n) is 1.60. The summed E-state index contributed by atoms with van der Waals surface area (Å²) in [6, 6.07) is 3.15. The highest BCUT2D eigenvalue weighted by molar-refractivity contribution is 6.21. The van der Waals surface area contributed by atoms with Gasteiger partial charge in [0.15, 0.2) is 10.5 Å². The molecule has 0 aliphatic rings. The molecule has 0 amide bonds. The van der Waals surface area contributed by atoms with Gasteiger partial charge in [0, 0.05) is 18.0 Å². The van der Waals surface area contributed by atoms with Crippen molar-refractivity contribution in [3.8, 4) is 0 Å². The summed E-state index contributed by atoms with van der Waals surface area (Å²) in [5.74, 6) is -0.733. The zero-order valence-corrected chi connectivity index (χ0v) is 8.26. The second-order valence-electron chi connectivity index (χ2n) is 2.59. The monoisotopic (exact) mass is 229 g/mol. The van der Waals surface area contributed by atoms with Crippen molar-refractivity contribution in [1.29, 1.82) is 5.41 Å². The fourth-order valence-corrected chi connectivity index (χ4v) is 1.26. The second kappa shape index (κ2) is 4.56. The Morgan fingerprint density at radius 3 is 2.87 bits per heavy atom. The number of hydrogen-bond donors (Lipinski definition) is 2. The number of nitrogens with one attached hydrogen (secondary N) is 1. The first-order chi connectivity index (χ1) is 7.04. The topological polar surface area (TPSA) is 109 Å². The van der Waals surface area contributed by atoms with Crippen molar-refractivity contribution in [3.05, 3.63) is 40.2 Å². The van der Waals surface area contributed by atoms with E-state index < -0.39 is 16.5 Å². The van der Waals surface area contributed by atoms with Gasteiger partial charge in [0.1, 0.15) is 0 Å². The van der Waals surface area contributed by atoms with Gasteiger partial charge < -0.3 is 5.73 Å². The molecule has 0 radical (unpaired) electrons. The first kappa shape index (κ1) is 11.2. The Labute approximate surface area is 90.1 Å². The van der Waals surface area contributed by atoms with Crippen LogP contribution < -0.4 is 5.73 Å². The number of nitrogens with zero attached hydrogens (tertiary/aromatic N) is 3. The summed E-state index contributed by atoms with van der Waals surface area (Å²) in [5, 5.41) is 17.1. The molecule has 7 nitrogen and oxygen atoms in total. The third kappa shape index (κ3) is 2.53. The summed E-state index contributed by atoms with van der Waals surface area (Å²) in [6.45, 7) is 0. The van der Waals surface area contributed by atoms with Crippen LogP contribution in [-0.4, -0.2) is 21.0 Å². The van der Waals surface area contributed by atoms with Crippen molar-refractivity contribution in [3.63, 3.8) is 0 Å². The van der Waals surface area contributed by atoms with Gasteiger partial charge >= 0.3 is 0 Å². The first-order valence-corrected chi connectivity index (χ1v) is 4.29. The van der Waals surface area contributed by atoms with Crippen molar-refractivity contribution in [1.82, 2.24) is 9.99 Å². The van der Waals surface area contributed by atoms with Crippen molar-refractivity contribution < 1.29 is 5.03 Å². The van der Waals surface area contributed by atoms with E-state index >= 15 is 0 Å². The SMILES string of the molecule is N=C(N)N(C(Cl)c1cccnc1)[N+](=O)[O-]. The Hall–Kier alpha value is -1.89. The smallest absolute Gasteiger partial charge is 0.254 e. The highest BCUT2D eigenvalue weighted by Gasteiger charge is 2.29. The van der Waals surface area contributed by atoms with Gasteiger partial charge in [-0.1, -0.05) is 17.7 Å². The summed E-state index contributed by atoms with van der Waals surface area (Å²) in [4.78, 5) is 14.3. The number of hydrazine groups is 1. The third-order valence-corrected chi connectivity index (χ3v) is 2.03. The minimum atomic E-state index is -1.15. The summed E-state index contributed by atoms with van der Waals surface area (Å²) >= 11 is 5.79. The van der Waals surface area contributed by atoms with Crippen molar-refractivity contribution in [2.75, 3.05) is 0 Å². The van der Waals surface area contributed by atoms with Gasteiger partial charge in [-0.2, -0.15) is 0 Å². The molecule has 0 saturated carbocycles.